The fourth-order valence-electron chi connectivity index (χ4n) is 2.83. The first-order chi connectivity index (χ1) is 7.03. The summed E-state index contributed by atoms with van der Waals surface area (Å²) in [5.41, 5.74) is 7.94. The molecule has 0 amide bonds. The highest BCUT2D eigenvalue weighted by atomic mass is 35.5. The fourth-order valence-corrected chi connectivity index (χ4v) is 3.12. The summed E-state index contributed by atoms with van der Waals surface area (Å²) in [6.45, 7) is 0. The fraction of sp³-hybridized carbons (Fsp3) is 0.500. The van der Waals surface area contributed by atoms with Crippen LogP contribution in [0.3, 0.4) is 0 Å². The van der Waals surface area contributed by atoms with E-state index in [2.05, 4.69) is 0 Å². The Morgan fingerprint density at radius 2 is 1.73 bits per heavy atom. The van der Waals surface area contributed by atoms with Crippen molar-refractivity contribution in [1.29, 1.82) is 0 Å². The van der Waals surface area contributed by atoms with Crippen molar-refractivity contribution in [2.24, 2.45) is 11.1 Å². The molecule has 2 aliphatic carbocycles. The third kappa shape index (κ3) is 1.49. The van der Waals surface area contributed by atoms with Gasteiger partial charge in [0, 0.05) is 5.54 Å². The van der Waals surface area contributed by atoms with Crippen molar-refractivity contribution < 1.29 is 0 Å². The van der Waals surface area contributed by atoms with Crippen molar-refractivity contribution in [2.75, 3.05) is 0 Å². The van der Waals surface area contributed by atoms with E-state index in [1.54, 1.807) is 0 Å². The zero-order chi connectivity index (χ0) is 10.7. The van der Waals surface area contributed by atoms with Crippen LogP contribution in [0.15, 0.2) is 18.2 Å². The van der Waals surface area contributed by atoms with Gasteiger partial charge < -0.3 is 5.73 Å². The van der Waals surface area contributed by atoms with Crippen LogP contribution in [0.1, 0.15) is 31.2 Å². The molecule has 2 N–H and O–H groups in total. The maximum absolute atomic E-state index is 6.36. The number of nitrogens with two attached hydrogens (primary N) is 1. The molecule has 3 heteroatoms. The van der Waals surface area contributed by atoms with E-state index in [0.717, 1.165) is 18.4 Å². The molecular weight excluding hydrogens is 229 g/mol. The predicted molar refractivity (Wildman–Crippen MR) is 63.2 cm³/mol. The molecule has 0 aliphatic heterocycles. The Hall–Kier alpha value is -0.240. The molecule has 15 heavy (non-hydrogen) atoms. The van der Waals surface area contributed by atoms with Crippen LogP contribution >= 0.6 is 23.2 Å². The standard InChI is InChI=1S/C12H13Cl2N/c13-9-2-1-8(5-10(9)14)12(15)6-11(7-12)3-4-11/h1-2,5H,3-4,6-7,15H2. The molecule has 0 unspecified atom stereocenters. The van der Waals surface area contributed by atoms with Crippen molar-refractivity contribution in [3.63, 3.8) is 0 Å². The molecule has 0 saturated heterocycles. The van der Waals surface area contributed by atoms with E-state index in [1.807, 2.05) is 18.2 Å². The monoisotopic (exact) mass is 241 g/mol. The molecule has 2 aliphatic rings. The van der Waals surface area contributed by atoms with Crippen LogP contribution in [-0.2, 0) is 5.54 Å². The molecule has 3 rings (SSSR count). The van der Waals surface area contributed by atoms with Crippen LogP contribution in [0.5, 0.6) is 0 Å². The van der Waals surface area contributed by atoms with Gasteiger partial charge in [-0.3, -0.25) is 0 Å². The van der Waals surface area contributed by atoms with Crippen LogP contribution in [-0.4, -0.2) is 0 Å². The first kappa shape index (κ1) is 9.95. The normalized spacial score (nSPS) is 25.0. The SMILES string of the molecule is NC1(c2ccc(Cl)c(Cl)c2)CC2(CC2)C1. The Morgan fingerprint density at radius 3 is 2.27 bits per heavy atom. The summed E-state index contributed by atoms with van der Waals surface area (Å²) in [4.78, 5) is 0. The van der Waals surface area contributed by atoms with E-state index in [1.165, 1.54) is 12.8 Å². The van der Waals surface area contributed by atoms with E-state index < -0.39 is 0 Å². The molecular formula is C12H13Cl2N. The molecule has 0 heterocycles. The molecule has 2 saturated carbocycles. The number of rotatable bonds is 1. The van der Waals surface area contributed by atoms with Crippen LogP contribution < -0.4 is 5.73 Å². The molecule has 1 aromatic rings. The first-order valence-electron chi connectivity index (χ1n) is 5.28. The summed E-state index contributed by atoms with van der Waals surface area (Å²) in [5, 5.41) is 1.21. The van der Waals surface area contributed by atoms with Gasteiger partial charge in [0.25, 0.3) is 0 Å². The van der Waals surface area contributed by atoms with Gasteiger partial charge in [-0.1, -0.05) is 29.3 Å². The van der Waals surface area contributed by atoms with Crippen molar-refractivity contribution in [1.82, 2.24) is 0 Å². The van der Waals surface area contributed by atoms with Gasteiger partial charge in [0.2, 0.25) is 0 Å². The Morgan fingerprint density at radius 1 is 1.07 bits per heavy atom. The molecule has 1 nitrogen and oxygen atoms in total. The maximum Gasteiger partial charge on any atom is 0.0595 e. The van der Waals surface area contributed by atoms with E-state index in [-0.39, 0.29) is 5.54 Å². The highest BCUT2D eigenvalue weighted by Crippen LogP contribution is 2.67. The van der Waals surface area contributed by atoms with Gasteiger partial charge in [0.05, 0.1) is 10.0 Å². The molecule has 1 spiro atoms. The lowest BCUT2D eigenvalue weighted by Crippen LogP contribution is -2.50. The number of halogens is 2. The average molecular weight is 242 g/mol. The maximum atomic E-state index is 6.36. The van der Waals surface area contributed by atoms with Crippen molar-refractivity contribution in [2.45, 2.75) is 31.2 Å². The minimum atomic E-state index is -0.148. The van der Waals surface area contributed by atoms with Gasteiger partial charge in [-0.2, -0.15) is 0 Å². The van der Waals surface area contributed by atoms with Crippen LogP contribution in [0, 0.1) is 5.41 Å². The molecule has 0 radical (unpaired) electrons. The van der Waals surface area contributed by atoms with Crippen molar-refractivity contribution in [3.05, 3.63) is 33.8 Å². The average Bonchev–Trinajstić information content (AvgIpc) is 2.89. The topological polar surface area (TPSA) is 26.0 Å². The van der Waals surface area contributed by atoms with Gasteiger partial charge in [0.15, 0.2) is 0 Å². The highest BCUT2D eigenvalue weighted by molar-refractivity contribution is 6.42. The molecule has 0 aromatic heterocycles. The minimum absolute atomic E-state index is 0.148. The van der Waals surface area contributed by atoms with Gasteiger partial charge in [0.1, 0.15) is 0 Å². The minimum Gasteiger partial charge on any atom is -0.321 e. The third-order valence-electron chi connectivity index (χ3n) is 3.83. The van der Waals surface area contributed by atoms with Crippen LogP contribution in [0.2, 0.25) is 10.0 Å². The predicted octanol–water partition coefficient (Wildman–Crippen LogP) is 3.72. The Bertz CT molecular complexity index is 416. The summed E-state index contributed by atoms with van der Waals surface area (Å²) in [5.74, 6) is 0. The third-order valence-corrected chi connectivity index (χ3v) is 4.57. The van der Waals surface area contributed by atoms with Crippen LogP contribution in [0.4, 0.5) is 0 Å². The molecule has 80 valence electrons. The van der Waals surface area contributed by atoms with Gasteiger partial charge in [-0.15, -0.1) is 0 Å². The Kier molecular flexibility index (Phi) is 1.93. The summed E-state index contributed by atoms with van der Waals surface area (Å²) < 4.78 is 0. The molecule has 2 fully saturated rings. The largest absolute Gasteiger partial charge is 0.321 e. The summed E-state index contributed by atoms with van der Waals surface area (Å²) in [6.07, 6.45) is 4.93. The second kappa shape index (κ2) is 2.91. The number of hydrogen-bond donors (Lipinski definition) is 1. The zero-order valence-corrected chi connectivity index (χ0v) is 9.91. The second-order valence-electron chi connectivity index (χ2n) is 5.14. The van der Waals surface area contributed by atoms with Crippen LogP contribution in [0.25, 0.3) is 0 Å². The van der Waals surface area contributed by atoms with Crippen molar-refractivity contribution >= 4 is 23.2 Å². The van der Waals surface area contributed by atoms with Crippen molar-refractivity contribution in [3.8, 4) is 0 Å². The van der Waals surface area contributed by atoms with Gasteiger partial charge in [-0.25, -0.2) is 0 Å². The lowest BCUT2D eigenvalue weighted by Gasteiger charge is -2.46. The summed E-state index contributed by atoms with van der Waals surface area (Å²) in [7, 11) is 0. The second-order valence-corrected chi connectivity index (χ2v) is 5.95. The highest BCUT2D eigenvalue weighted by Gasteiger charge is 2.59. The quantitative estimate of drug-likeness (QED) is 0.797. The van der Waals surface area contributed by atoms with Gasteiger partial charge >= 0.3 is 0 Å². The smallest absolute Gasteiger partial charge is 0.0595 e. The molecule has 0 bridgehead atoms. The molecule has 0 atom stereocenters. The zero-order valence-electron chi connectivity index (χ0n) is 8.39. The first-order valence-corrected chi connectivity index (χ1v) is 6.03. The number of hydrogen-bond acceptors (Lipinski definition) is 1. The molecule has 1 aromatic carbocycles. The number of benzene rings is 1. The summed E-state index contributed by atoms with van der Waals surface area (Å²) in [6, 6.07) is 5.76. The van der Waals surface area contributed by atoms with E-state index >= 15 is 0 Å². The Balaban J connectivity index is 1.89. The summed E-state index contributed by atoms with van der Waals surface area (Å²) >= 11 is 11.9. The van der Waals surface area contributed by atoms with E-state index in [0.29, 0.717) is 15.5 Å². The Labute approximate surface area is 99.6 Å². The van der Waals surface area contributed by atoms with E-state index in [4.69, 9.17) is 28.9 Å². The lowest BCUT2D eigenvalue weighted by atomic mass is 9.63. The van der Waals surface area contributed by atoms with E-state index in [9.17, 15) is 0 Å². The lowest BCUT2D eigenvalue weighted by molar-refractivity contribution is 0.125. The van der Waals surface area contributed by atoms with Gasteiger partial charge in [-0.05, 0) is 48.8 Å².